The van der Waals surface area contributed by atoms with Crippen molar-refractivity contribution < 1.29 is 28.4 Å². The summed E-state index contributed by atoms with van der Waals surface area (Å²) in [6.07, 6.45) is 5.20. The first-order chi connectivity index (χ1) is 16.5. The Hall–Kier alpha value is -0.188. The van der Waals surface area contributed by atoms with E-state index in [-0.39, 0.29) is 55.1 Å². The summed E-state index contributed by atoms with van der Waals surface area (Å²) in [5.41, 5.74) is 1.23. The van der Waals surface area contributed by atoms with E-state index in [2.05, 4.69) is 45.4 Å². The topological polar surface area (TPSA) is 78.7 Å². The molecule has 3 aliphatic heterocycles. The van der Waals surface area contributed by atoms with Crippen LogP contribution in [0.3, 0.4) is 0 Å². The van der Waals surface area contributed by atoms with Crippen LogP contribution in [0.15, 0.2) is 17.1 Å². The van der Waals surface area contributed by atoms with Crippen molar-refractivity contribution in [1.29, 1.82) is 0 Å². The van der Waals surface area contributed by atoms with Crippen LogP contribution in [-0.4, -0.2) is 82.5 Å². The molecule has 0 aromatic rings. The number of aliphatic imine (C=N–C) groups is 1. The standard InChI is InChI=1S/C24H43BNO6PSSi/c1-16-9-17(7-8-29-25-33-34)30-18(10-16)11-19-12-20(32-35(5,6)24(2,3)4)13-22(31-19)21-15-28-23(14-27)26-21/h17-22,27,33H,1,7-15H2,2-6H3/t17-,18+,19+,20+,21?,22+/m0/s1. The summed E-state index contributed by atoms with van der Waals surface area (Å²) in [6.45, 7) is 18.6. The van der Waals surface area contributed by atoms with Crippen LogP contribution in [-0.2, 0) is 35.1 Å². The third-order valence-corrected chi connectivity index (χ3v) is 12.7. The van der Waals surface area contributed by atoms with Gasteiger partial charge in [0.2, 0.25) is 5.90 Å². The minimum absolute atomic E-state index is 0.0134. The van der Waals surface area contributed by atoms with E-state index >= 15 is 0 Å². The number of nitrogens with zero attached hydrogens (tertiary/aromatic N) is 1. The molecule has 35 heavy (non-hydrogen) atoms. The molecule has 11 heteroatoms. The van der Waals surface area contributed by atoms with Gasteiger partial charge in [-0.15, -0.1) is 0 Å². The van der Waals surface area contributed by atoms with Gasteiger partial charge < -0.3 is 9.84 Å². The third-order valence-electron chi connectivity index (χ3n) is 7.58. The molecule has 3 heterocycles. The van der Waals surface area contributed by atoms with Crippen LogP contribution in [0.1, 0.15) is 59.3 Å². The molecule has 3 aliphatic rings. The predicted octanol–water partition coefficient (Wildman–Crippen LogP) is 4.29. The Morgan fingerprint density at radius 2 is 1.94 bits per heavy atom. The van der Waals surface area contributed by atoms with E-state index < -0.39 is 8.32 Å². The van der Waals surface area contributed by atoms with E-state index in [1.54, 1.807) is 6.82 Å². The second kappa shape index (κ2) is 13.1. The Bertz CT molecular complexity index is 818. The molecule has 1 N–H and O–H groups in total. The molecular weight excluding hydrogens is 500 g/mol. The van der Waals surface area contributed by atoms with Gasteiger partial charge >= 0.3 is 158 Å². The maximum absolute atomic E-state index is 9.43. The second-order valence-corrected chi connectivity index (χ2v) is 17.4. The number of hydrogen-bond donors (Lipinski definition) is 1. The average Bonchev–Trinajstić information content (AvgIpc) is 3.25. The molecule has 0 radical (unpaired) electrons. The van der Waals surface area contributed by atoms with Crippen molar-refractivity contribution in [2.75, 3.05) is 19.8 Å². The molecule has 0 aromatic heterocycles. The molecule has 7 atom stereocenters. The molecule has 3 rings (SSSR count). The van der Waals surface area contributed by atoms with Crippen molar-refractivity contribution in [3.05, 3.63) is 12.2 Å². The number of ether oxygens (including phenoxy) is 3. The minimum atomic E-state index is -1.94. The van der Waals surface area contributed by atoms with Crippen molar-refractivity contribution in [3.8, 4) is 0 Å². The molecule has 0 spiro atoms. The van der Waals surface area contributed by atoms with E-state index in [4.69, 9.17) is 35.1 Å². The van der Waals surface area contributed by atoms with Gasteiger partial charge in [-0.2, -0.15) is 0 Å². The Kier molecular flexibility index (Phi) is 11.0. The van der Waals surface area contributed by atoms with Gasteiger partial charge in [-0.3, -0.25) is 0 Å². The molecule has 2 unspecified atom stereocenters. The number of aliphatic hydroxyl groups excluding tert-OH is 1. The number of rotatable bonds is 10. The summed E-state index contributed by atoms with van der Waals surface area (Å²) in [5.74, 6) is 0.397. The summed E-state index contributed by atoms with van der Waals surface area (Å²) in [7, 11) is -1.94. The zero-order chi connectivity index (χ0) is 25.6. The molecule has 198 valence electrons. The fraction of sp³-hybridized carbons (Fsp3) is 0.875. The van der Waals surface area contributed by atoms with Crippen molar-refractivity contribution in [2.24, 2.45) is 4.99 Å². The quantitative estimate of drug-likeness (QED) is 0.191. The Morgan fingerprint density at radius 1 is 1.20 bits per heavy atom. The van der Waals surface area contributed by atoms with Gasteiger partial charge in [0.25, 0.3) is 0 Å². The monoisotopic (exact) mass is 543 g/mol. The third kappa shape index (κ3) is 8.67. The Morgan fingerprint density at radius 3 is 2.60 bits per heavy atom. The zero-order valence-electron chi connectivity index (χ0n) is 22.0. The van der Waals surface area contributed by atoms with Crippen molar-refractivity contribution in [3.63, 3.8) is 0 Å². The Labute approximate surface area is 218 Å². The first-order valence-electron chi connectivity index (χ1n) is 12.8. The van der Waals surface area contributed by atoms with E-state index in [1.807, 2.05) is 0 Å². The molecule has 2 saturated heterocycles. The van der Waals surface area contributed by atoms with Gasteiger partial charge in [0.15, 0.2) is 0 Å². The molecule has 2 fully saturated rings. The molecule has 0 aromatic carbocycles. The molecule has 0 amide bonds. The van der Waals surface area contributed by atoms with Crippen molar-refractivity contribution >= 4 is 39.7 Å². The zero-order valence-corrected chi connectivity index (χ0v) is 24.8. The van der Waals surface area contributed by atoms with Crippen molar-refractivity contribution in [2.45, 2.75) is 114 Å². The van der Waals surface area contributed by atoms with Gasteiger partial charge in [0.05, 0.1) is 0 Å². The normalized spacial score (nSPS) is 32.3. The molecule has 7 nitrogen and oxygen atoms in total. The number of aliphatic hydroxyl groups is 1. The first-order valence-corrected chi connectivity index (χ1v) is 17.9. The molecular formula is C24H43BNO6PSSi. The summed E-state index contributed by atoms with van der Waals surface area (Å²) in [5, 5.41) is 9.57. The molecule has 0 aliphatic carbocycles. The Balaban J connectivity index is 1.67. The van der Waals surface area contributed by atoms with Gasteiger partial charge in [-0.25, -0.2) is 0 Å². The summed E-state index contributed by atoms with van der Waals surface area (Å²) in [4.78, 5) is 4.57. The van der Waals surface area contributed by atoms with Gasteiger partial charge in [-0.05, 0) is 18.1 Å². The fourth-order valence-electron chi connectivity index (χ4n) is 4.80. The summed E-state index contributed by atoms with van der Waals surface area (Å²) in [6, 6.07) is -0.112. The first kappa shape index (κ1) is 29.4. The number of hydrogen-bond acceptors (Lipinski definition) is 8. The van der Waals surface area contributed by atoms with Crippen LogP contribution in [0.2, 0.25) is 18.1 Å². The SMILES string of the molecule is C=C1C[C@H](C[C@@H]2C[C@@H](O[Si](C)(C)C(C)(C)C)C[C@H](C3COC(CO)=N3)O2)O[C@@H](CCOB=[PH]=S)C1. The van der Waals surface area contributed by atoms with Gasteiger partial charge in [-0.1, -0.05) is 20.8 Å². The predicted molar refractivity (Wildman–Crippen MR) is 148 cm³/mol. The van der Waals surface area contributed by atoms with E-state index in [9.17, 15) is 5.11 Å². The summed E-state index contributed by atoms with van der Waals surface area (Å²) < 4.78 is 30.9. The van der Waals surface area contributed by atoms with Crippen LogP contribution in [0.5, 0.6) is 0 Å². The van der Waals surface area contributed by atoms with Crippen LogP contribution >= 0.6 is 6.85 Å². The van der Waals surface area contributed by atoms with Crippen LogP contribution in [0.4, 0.5) is 0 Å². The maximum atomic E-state index is 9.43. The average molecular weight is 544 g/mol. The van der Waals surface area contributed by atoms with Gasteiger partial charge in [0, 0.05) is 0 Å². The van der Waals surface area contributed by atoms with E-state index in [1.165, 1.54) is 5.57 Å². The van der Waals surface area contributed by atoms with Gasteiger partial charge in [0.1, 0.15) is 6.61 Å². The fourth-order valence-corrected chi connectivity index (χ4v) is 6.57. The second-order valence-electron chi connectivity index (χ2n) is 11.5. The molecule has 0 bridgehead atoms. The van der Waals surface area contributed by atoms with Crippen LogP contribution in [0, 0.1) is 0 Å². The van der Waals surface area contributed by atoms with Crippen LogP contribution < -0.4 is 0 Å². The van der Waals surface area contributed by atoms with Crippen LogP contribution in [0.25, 0.3) is 0 Å². The van der Waals surface area contributed by atoms with Crippen molar-refractivity contribution in [1.82, 2.24) is 0 Å². The molecule has 0 saturated carbocycles. The van der Waals surface area contributed by atoms with E-state index in [0.717, 1.165) is 38.5 Å². The van der Waals surface area contributed by atoms with E-state index in [0.29, 0.717) is 19.1 Å². The summed E-state index contributed by atoms with van der Waals surface area (Å²) >= 11 is 4.93.